The molecule has 2 aliphatic heterocycles. The van der Waals surface area contributed by atoms with Gasteiger partial charge in [-0.3, -0.25) is 0 Å². The van der Waals surface area contributed by atoms with E-state index in [0.29, 0.717) is 42.6 Å². The number of rotatable bonds is 5. The van der Waals surface area contributed by atoms with Crippen LogP contribution in [-0.4, -0.2) is 59.2 Å². The topological polar surface area (TPSA) is 67.5 Å². The molecule has 2 aliphatic rings. The van der Waals surface area contributed by atoms with Gasteiger partial charge in [-0.2, -0.15) is 0 Å². The van der Waals surface area contributed by atoms with Gasteiger partial charge in [-0.1, -0.05) is 6.07 Å². The van der Waals surface area contributed by atoms with E-state index in [1.54, 1.807) is 6.07 Å². The first kappa shape index (κ1) is 24.7. The van der Waals surface area contributed by atoms with Crippen LogP contribution < -0.4 is 9.64 Å². The summed E-state index contributed by atoms with van der Waals surface area (Å²) in [4.78, 5) is 17.9. The van der Waals surface area contributed by atoms with Crippen LogP contribution >= 0.6 is 0 Å². The van der Waals surface area contributed by atoms with Crippen LogP contribution in [0.2, 0.25) is 0 Å². The summed E-state index contributed by atoms with van der Waals surface area (Å²) in [5.74, 6) is 0.632. The molecule has 1 fully saturated rings. The number of hydrogen-bond donors (Lipinski definition) is 0. The molecule has 9 heteroatoms. The lowest BCUT2D eigenvalue weighted by molar-refractivity contribution is 0.239. The Balaban J connectivity index is 1.28. The predicted octanol–water partition coefficient (Wildman–Crippen LogP) is 5.57. The number of fused-ring (bicyclic) bond motifs is 2. The minimum atomic E-state index is -0.601. The van der Waals surface area contributed by atoms with Crippen LogP contribution in [-0.2, 0) is 6.42 Å². The average Bonchev–Trinajstić information content (AvgIpc) is 3.33. The highest BCUT2D eigenvalue weighted by Gasteiger charge is 2.26. The van der Waals surface area contributed by atoms with Crippen molar-refractivity contribution >= 4 is 16.8 Å². The van der Waals surface area contributed by atoms with Crippen molar-refractivity contribution in [3.8, 4) is 17.0 Å². The third-order valence-electron chi connectivity index (χ3n) is 7.50. The molecule has 2 aromatic carbocycles. The molecule has 0 atom stereocenters. The summed E-state index contributed by atoms with van der Waals surface area (Å²) in [5.41, 5.74) is 3.52. The summed E-state index contributed by atoms with van der Waals surface area (Å²) in [6, 6.07) is 9.02. The van der Waals surface area contributed by atoms with Crippen LogP contribution in [0.4, 0.5) is 14.5 Å². The van der Waals surface area contributed by atoms with E-state index >= 15 is 4.39 Å². The summed E-state index contributed by atoms with van der Waals surface area (Å²) >= 11 is 0. The number of hydrogen-bond acceptors (Lipinski definition) is 7. The molecule has 198 valence electrons. The second-order valence-electron chi connectivity index (χ2n) is 10.5. The van der Waals surface area contributed by atoms with Gasteiger partial charge in [0.05, 0.1) is 18.4 Å². The molecular weight excluding hydrogens is 488 g/mol. The van der Waals surface area contributed by atoms with E-state index in [0.717, 1.165) is 54.7 Å². The van der Waals surface area contributed by atoms with Gasteiger partial charge in [-0.05, 0) is 76.7 Å². The first-order valence-corrected chi connectivity index (χ1v) is 13.2. The summed E-state index contributed by atoms with van der Waals surface area (Å²) in [6.07, 6.45) is 3.60. The van der Waals surface area contributed by atoms with Gasteiger partial charge >= 0.3 is 0 Å². The molecule has 4 heterocycles. The molecule has 0 saturated carbocycles. The molecule has 6 rings (SSSR count). The quantitative estimate of drug-likeness (QED) is 0.342. The van der Waals surface area contributed by atoms with Crippen molar-refractivity contribution < 1.29 is 17.9 Å². The number of anilines is 1. The lowest BCUT2D eigenvalue weighted by Gasteiger charge is -2.34. The molecule has 1 saturated heterocycles. The second-order valence-corrected chi connectivity index (χ2v) is 10.5. The van der Waals surface area contributed by atoms with Gasteiger partial charge in [0, 0.05) is 23.9 Å². The monoisotopic (exact) mass is 519 g/mol. The molecule has 2 aromatic heterocycles. The van der Waals surface area contributed by atoms with Crippen molar-refractivity contribution in [3.63, 3.8) is 0 Å². The molecular formula is C29H31F2N5O2. The Morgan fingerprint density at radius 2 is 1.84 bits per heavy atom. The number of ether oxygens (including phenoxy) is 1. The lowest BCUT2D eigenvalue weighted by Crippen LogP contribution is -2.38. The Labute approximate surface area is 220 Å². The minimum Gasteiger partial charge on any atom is -0.486 e. The lowest BCUT2D eigenvalue weighted by atomic mass is 9.97. The summed E-state index contributed by atoms with van der Waals surface area (Å²) < 4.78 is 41.6. The average molecular weight is 520 g/mol. The molecule has 0 unspecified atom stereocenters. The number of nitrogens with zero attached hydrogens (tertiary/aromatic N) is 5. The minimum absolute atomic E-state index is 0.0676. The Bertz CT molecular complexity index is 1480. The maximum atomic E-state index is 15.0. The van der Waals surface area contributed by atoms with E-state index < -0.39 is 11.6 Å². The number of oxazole rings is 1. The van der Waals surface area contributed by atoms with E-state index in [9.17, 15) is 4.39 Å². The number of aromatic nitrogens is 3. The summed E-state index contributed by atoms with van der Waals surface area (Å²) in [6.45, 7) is 7.18. The van der Waals surface area contributed by atoms with Crippen molar-refractivity contribution in [2.45, 2.75) is 45.1 Å². The number of benzene rings is 2. The van der Waals surface area contributed by atoms with Gasteiger partial charge < -0.3 is 19.0 Å². The van der Waals surface area contributed by atoms with E-state index in [-0.39, 0.29) is 17.5 Å². The molecule has 0 amide bonds. The van der Waals surface area contributed by atoms with E-state index in [4.69, 9.17) is 14.1 Å². The van der Waals surface area contributed by atoms with E-state index in [1.807, 2.05) is 32.0 Å². The van der Waals surface area contributed by atoms with E-state index in [1.165, 1.54) is 6.07 Å². The van der Waals surface area contributed by atoms with Crippen molar-refractivity contribution in [1.29, 1.82) is 0 Å². The molecule has 0 bridgehead atoms. The predicted molar refractivity (Wildman–Crippen MR) is 142 cm³/mol. The van der Waals surface area contributed by atoms with Crippen LogP contribution in [0, 0.1) is 11.6 Å². The van der Waals surface area contributed by atoms with Crippen LogP contribution in [0.15, 0.2) is 40.9 Å². The van der Waals surface area contributed by atoms with Crippen LogP contribution in [0.25, 0.3) is 22.4 Å². The van der Waals surface area contributed by atoms with Crippen molar-refractivity contribution in [2.75, 3.05) is 38.2 Å². The van der Waals surface area contributed by atoms with Crippen molar-refractivity contribution in [1.82, 2.24) is 19.9 Å². The second kappa shape index (κ2) is 9.94. The fraction of sp³-hybridized carbons (Fsp3) is 0.414. The third kappa shape index (κ3) is 4.71. The molecule has 0 spiro atoms. The van der Waals surface area contributed by atoms with Gasteiger partial charge in [0.2, 0.25) is 0 Å². The SMILES string of the molecule is CC(C)N1CCOc2c(F)cc(-c3nc(Cc4ccc5oc(C6CCN(C)CC6)nc5c4)ncc3F)cc21. The molecule has 0 N–H and O–H groups in total. The zero-order chi connectivity index (χ0) is 26.4. The molecule has 4 aromatic rings. The van der Waals surface area contributed by atoms with Gasteiger partial charge in [0.15, 0.2) is 28.9 Å². The number of likely N-dealkylation sites (tertiary alicyclic amines) is 1. The molecule has 0 aliphatic carbocycles. The molecule has 38 heavy (non-hydrogen) atoms. The Kier molecular flexibility index (Phi) is 6.47. The summed E-state index contributed by atoms with van der Waals surface area (Å²) in [7, 11) is 2.13. The first-order chi connectivity index (χ1) is 18.4. The summed E-state index contributed by atoms with van der Waals surface area (Å²) in [5, 5.41) is 0. The maximum Gasteiger partial charge on any atom is 0.198 e. The third-order valence-corrected chi connectivity index (χ3v) is 7.50. The van der Waals surface area contributed by atoms with Gasteiger partial charge in [-0.15, -0.1) is 0 Å². The Hall–Kier alpha value is -3.59. The van der Waals surface area contributed by atoms with Gasteiger partial charge in [-0.25, -0.2) is 23.7 Å². The number of halogens is 2. The highest BCUT2D eigenvalue weighted by molar-refractivity contribution is 5.74. The van der Waals surface area contributed by atoms with Crippen molar-refractivity contribution in [2.24, 2.45) is 0 Å². The zero-order valence-electron chi connectivity index (χ0n) is 21.9. The van der Waals surface area contributed by atoms with Crippen molar-refractivity contribution in [3.05, 3.63) is 65.4 Å². The van der Waals surface area contributed by atoms with Crippen LogP contribution in [0.1, 0.15) is 49.9 Å². The first-order valence-electron chi connectivity index (χ1n) is 13.2. The highest BCUT2D eigenvalue weighted by Crippen LogP contribution is 2.39. The standard InChI is InChI=1S/C29H31F2N5O2/c1-17(2)36-10-11-37-28-21(30)14-20(15-24(28)36)27-22(31)16-32-26(34-27)13-18-4-5-25-23(12-18)33-29(38-25)19-6-8-35(3)9-7-19/h4-5,12,14-17,19H,6-11,13H2,1-3H3. The Morgan fingerprint density at radius 1 is 1.03 bits per heavy atom. The normalized spacial score (nSPS) is 16.7. The smallest absolute Gasteiger partial charge is 0.198 e. The molecule has 0 radical (unpaired) electrons. The fourth-order valence-corrected chi connectivity index (χ4v) is 5.38. The number of piperidine rings is 1. The zero-order valence-corrected chi connectivity index (χ0v) is 21.9. The van der Waals surface area contributed by atoms with E-state index in [2.05, 4.69) is 26.8 Å². The fourth-order valence-electron chi connectivity index (χ4n) is 5.38. The molecule has 7 nitrogen and oxygen atoms in total. The van der Waals surface area contributed by atoms with Gasteiger partial charge in [0.1, 0.15) is 23.6 Å². The largest absolute Gasteiger partial charge is 0.486 e. The van der Waals surface area contributed by atoms with Crippen LogP contribution in [0.3, 0.4) is 0 Å². The van der Waals surface area contributed by atoms with Gasteiger partial charge in [0.25, 0.3) is 0 Å². The Morgan fingerprint density at radius 3 is 2.63 bits per heavy atom. The maximum absolute atomic E-state index is 15.0. The highest BCUT2D eigenvalue weighted by atomic mass is 19.1. The van der Waals surface area contributed by atoms with Crippen LogP contribution in [0.5, 0.6) is 5.75 Å².